The van der Waals surface area contributed by atoms with Crippen molar-refractivity contribution in [3.63, 3.8) is 0 Å². The van der Waals surface area contributed by atoms with Crippen molar-refractivity contribution in [2.45, 2.75) is 25.8 Å². The Kier molecular flexibility index (Phi) is 6.83. The molecule has 1 N–H and O–H groups in total. The first-order chi connectivity index (χ1) is 12.7. The number of carbonyl (C=O) groups is 1. The van der Waals surface area contributed by atoms with Crippen molar-refractivity contribution in [3.05, 3.63) is 57.8 Å². The van der Waals surface area contributed by atoms with Crippen LogP contribution in [-0.4, -0.2) is 55.5 Å². The van der Waals surface area contributed by atoms with E-state index in [4.69, 9.17) is 0 Å². The van der Waals surface area contributed by atoms with Gasteiger partial charge in [-0.2, -0.15) is 11.3 Å². The fourth-order valence-corrected chi connectivity index (χ4v) is 4.17. The fourth-order valence-electron chi connectivity index (χ4n) is 3.46. The van der Waals surface area contributed by atoms with Crippen LogP contribution in [0.2, 0.25) is 0 Å². The van der Waals surface area contributed by atoms with Crippen molar-refractivity contribution in [1.82, 2.24) is 15.1 Å². The van der Waals surface area contributed by atoms with Crippen molar-refractivity contribution in [3.8, 4) is 0 Å². The number of thiophene rings is 1. The average molecular weight is 372 g/mol. The molecule has 2 heterocycles. The monoisotopic (exact) mass is 371 g/mol. The van der Waals surface area contributed by atoms with E-state index < -0.39 is 0 Å². The van der Waals surface area contributed by atoms with Crippen molar-refractivity contribution in [2.75, 3.05) is 39.8 Å². The van der Waals surface area contributed by atoms with Gasteiger partial charge in [0.1, 0.15) is 0 Å². The van der Waals surface area contributed by atoms with Crippen molar-refractivity contribution >= 4 is 17.2 Å². The lowest BCUT2D eigenvalue weighted by Gasteiger charge is -2.38. The maximum atomic E-state index is 12.6. The van der Waals surface area contributed by atoms with Crippen LogP contribution in [0.3, 0.4) is 0 Å². The number of amides is 1. The molecule has 5 heteroatoms. The smallest absolute Gasteiger partial charge is 0.251 e. The van der Waals surface area contributed by atoms with Crippen molar-refractivity contribution in [2.24, 2.45) is 0 Å². The van der Waals surface area contributed by atoms with Gasteiger partial charge in [-0.1, -0.05) is 25.5 Å². The van der Waals surface area contributed by atoms with Gasteiger partial charge in [-0.3, -0.25) is 9.69 Å². The Balaban J connectivity index is 1.62. The Labute approximate surface area is 160 Å². The number of carbonyl (C=O) groups excluding carboxylic acids is 1. The summed E-state index contributed by atoms with van der Waals surface area (Å²) in [4.78, 5) is 17.4. The second-order valence-corrected chi connectivity index (χ2v) is 7.85. The van der Waals surface area contributed by atoms with E-state index in [0.717, 1.165) is 44.6 Å². The number of rotatable bonds is 7. The third-order valence-corrected chi connectivity index (χ3v) is 5.82. The average Bonchev–Trinajstić information content (AvgIpc) is 3.18. The number of likely N-dealkylation sites (N-methyl/N-ethyl adjacent to an activating group) is 1. The van der Waals surface area contributed by atoms with Crippen LogP contribution in [0.15, 0.2) is 41.1 Å². The minimum absolute atomic E-state index is 0.0161. The summed E-state index contributed by atoms with van der Waals surface area (Å²) in [6, 6.07) is 10.4. The molecule has 1 unspecified atom stereocenters. The van der Waals surface area contributed by atoms with Crippen LogP contribution < -0.4 is 5.32 Å². The van der Waals surface area contributed by atoms with Crippen molar-refractivity contribution in [1.29, 1.82) is 0 Å². The lowest BCUT2D eigenvalue weighted by atomic mass is 10.1. The molecule has 140 valence electrons. The Morgan fingerprint density at radius 3 is 2.50 bits per heavy atom. The van der Waals surface area contributed by atoms with E-state index >= 15 is 0 Å². The summed E-state index contributed by atoms with van der Waals surface area (Å²) in [5, 5.41) is 7.48. The summed E-state index contributed by atoms with van der Waals surface area (Å²) < 4.78 is 0. The Hall–Kier alpha value is -1.69. The summed E-state index contributed by atoms with van der Waals surface area (Å²) in [6.07, 6.45) is 2.18. The molecule has 1 atom stereocenters. The van der Waals surface area contributed by atoms with E-state index in [2.05, 4.69) is 58.0 Å². The maximum Gasteiger partial charge on any atom is 0.251 e. The van der Waals surface area contributed by atoms with Gasteiger partial charge in [0.2, 0.25) is 0 Å². The van der Waals surface area contributed by atoms with Gasteiger partial charge in [0, 0.05) is 38.3 Å². The quantitative estimate of drug-likeness (QED) is 0.810. The highest BCUT2D eigenvalue weighted by Crippen LogP contribution is 2.23. The zero-order valence-electron chi connectivity index (χ0n) is 15.8. The summed E-state index contributed by atoms with van der Waals surface area (Å²) in [5.41, 5.74) is 3.34. The molecule has 1 fully saturated rings. The third kappa shape index (κ3) is 4.93. The van der Waals surface area contributed by atoms with Crippen molar-refractivity contribution < 1.29 is 4.79 Å². The summed E-state index contributed by atoms with van der Waals surface area (Å²) in [7, 11) is 2.17. The molecule has 26 heavy (non-hydrogen) atoms. The van der Waals surface area contributed by atoms with Gasteiger partial charge in [0.25, 0.3) is 5.91 Å². The zero-order chi connectivity index (χ0) is 18.4. The van der Waals surface area contributed by atoms with E-state index in [1.54, 1.807) is 11.3 Å². The van der Waals surface area contributed by atoms with E-state index in [0.29, 0.717) is 6.54 Å². The molecular weight excluding hydrogens is 342 g/mol. The molecule has 1 amide bonds. The highest BCUT2D eigenvalue weighted by molar-refractivity contribution is 7.07. The molecule has 3 rings (SSSR count). The predicted octanol–water partition coefficient (Wildman–Crippen LogP) is 3.42. The van der Waals surface area contributed by atoms with Crippen LogP contribution in [0.5, 0.6) is 0 Å². The standard InChI is InChI=1S/C21H29N3OS/c1-3-4-17-5-7-18(8-6-17)21(25)22-15-20(19-9-14-26-16-19)24-12-10-23(2)11-13-24/h5-9,14,16,20H,3-4,10-13,15H2,1-2H3,(H,22,25). The van der Waals surface area contributed by atoms with Gasteiger partial charge in [-0.05, 0) is 53.6 Å². The third-order valence-electron chi connectivity index (χ3n) is 5.12. The number of hydrogen-bond acceptors (Lipinski definition) is 4. The molecule has 1 aliphatic heterocycles. The van der Waals surface area contributed by atoms with Crippen LogP contribution in [-0.2, 0) is 6.42 Å². The van der Waals surface area contributed by atoms with Gasteiger partial charge >= 0.3 is 0 Å². The van der Waals surface area contributed by atoms with Crippen LogP contribution in [0.4, 0.5) is 0 Å². The van der Waals surface area contributed by atoms with Crippen LogP contribution >= 0.6 is 11.3 Å². The fraction of sp³-hybridized carbons (Fsp3) is 0.476. The molecule has 0 saturated carbocycles. The number of piperazine rings is 1. The van der Waals surface area contributed by atoms with Crippen LogP contribution in [0, 0.1) is 0 Å². The molecular formula is C21H29N3OS. The molecule has 0 radical (unpaired) electrons. The molecule has 1 saturated heterocycles. The number of nitrogens with zero attached hydrogens (tertiary/aromatic N) is 2. The SMILES string of the molecule is CCCc1ccc(C(=O)NCC(c2ccsc2)N2CCN(C)CC2)cc1. The summed E-state index contributed by atoms with van der Waals surface area (Å²) in [5.74, 6) is 0.0161. The largest absolute Gasteiger partial charge is 0.350 e. The Morgan fingerprint density at radius 1 is 1.15 bits per heavy atom. The molecule has 4 nitrogen and oxygen atoms in total. The van der Waals surface area contributed by atoms with Gasteiger partial charge in [-0.15, -0.1) is 0 Å². The molecule has 1 aromatic heterocycles. The van der Waals surface area contributed by atoms with Crippen LogP contribution in [0.25, 0.3) is 0 Å². The first-order valence-corrected chi connectivity index (χ1v) is 10.4. The second-order valence-electron chi connectivity index (χ2n) is 7.07. The highest BCUT2D eigenvalue weighted by Gasteiger charge is 2.24. The van der Waals surface area contributed by atoms with Gasteiger partial charge in [0.05, 0.1) is 6.04 Å². The first kappa shape index (κ1) is 19.1. The molecule has 0 bridgehead atoms. The van der Waals surface area contributed by atoms with E-state index in [1.807, 2.05) is 12.1 Å². The molecule has 0 aliphatic carbocycles. The van der Waals surface area contributed by atoms with Gasteiger partial charge < -0.3 is 10.2 Å². The van der Waals surface area contributed by atoms with E-state index in [1.165, 1.54) is 11.1 Å². The van der Waals surface area contributed by atoms with E-state index in [-0.39, 0.29) is 11.9 Å². The zero-order valence-corrected chi connectivity index (χ0v) is 16.6. The number of hydrogen-bond donors (Lipinski definition) is 1. The predicted molar refractivity (Wildman–Crippen MR) is 109 cm³/mol. The number of aryl methyl sites for hydroxylation is 1. The Bertz CT molecular complexity index is 676. The lowest BCUT2D eigenvalue weighted by molar-refractivity contribution is 0.0886. The minimum Gasteiger partial charge on any atom is -0.350 e. The molecule has 1 aliphatic rings. The molecule has 1 aromatic carbocycles. The van der Waals surface area contributed by atoms with Gasteiger partial charge in [-0.25, -0.2) is 0 Å². The highest BCUT2D eigenvalue weighted by atomic mass is 32.1. The summed E-state index contributed by atoms with van der Waals surface area (Å²) >= 11 is 1.72. The topological polar surface area (TPSA) is 35.6 Å². The molecule has 2 aromatic rings. The normalized spacial score (nSPS) is 17.2. The van der Waals surface area contributed by atoms with E-state index in [9.17, 15) is 4.79 Å². The molecule has 0 spiro atoms. The first-order valence-electron chi connectivity index (χ1n) is 9.49. The van der Waals surface area contributed by atoms with Gasteiger partial charge in [0.15, 0.2) is 0 Å². The lowest BCUT2D eigenvalue weighted by Crippen LogP contribution is -2.48. The Morgan fingerprint density at radius 2 is 1.88 bits per heavy atom. The number of nitrogens with one attached hydrogen (secondary N) is 1. The van der Waals surface area contributed by atoms with Crippen LogP contribution in [0.1, 0.15) is 40.9 Å². The summed E-state index contributed by atoms with van der Waals surface area (Å²) in [6.45, 7) is 7.05. The maximum absolute atomic E-state index is 12.6. The number of benzene rings is 1. The minimum atomic E-state index is 0.0161. The second kappa shape index (κ2) is 9.31.